The first-order valence-corrected chi connectivity index (χ1v) is 17.9. The van der Waals surface area contributed by atoms with Gasteiger partial charge in [-0.05, 0) is 105 Å². The third-order valence-corrected chi connectivity index (χ3v) is 9.77. The van der Waals surface area contributed by atoms with Gasteiger partial charge in [-0.25, -0.2) is 4.57 Å². The number of hydrogen-bond donors (Lipinski definition) is 3. The number of allylic oxidation sites excluding steroid dienone is 4. The van der Waals surface area contributed by atoms with Crippen molar-refractivity contribution in [2.24, 2.45) is 0 Å². The van der Waals surface area contributed by atoms with Gasteiger partial charge in [-0.3, -0.25) is 14.3 Å². The van der Waals surface area contributed by atoms with Crippen molar-refractivity contribution in [3.63, 3.8) is 0 Å². The minimum Gasteiger partial charge on any atom is -0.489 e. The van der Waals surface area contributed by atoms with Gasteiger partial charge in [0, 0.05) is 29.3 Å². The van der Waals surface area contributed by atoms with E-state index in [1.807, 2.05) is 18.2 Å². The van der Waals surface area contributed by atoms with Crippen molar-refractivity contribution in [3.05, 3.63) is 106 Å². The Balaban J connectivity index is 1.23. The van der Waals surface area contributed by atoms with Crippen LogP contribution in [0.1, 0.15) is 56.7 Å². The zero-order valence-corrected chi connectivity index (χ0v) is 27.3. The Morgan fingerprint density at radius 2 is 1.74 bits per heavy atom. The van der Waals surface area contributed by atoms with Crippen LogP contribution in [0.5, 0.6) is 17.2 Å². The molecule has 240 valence electrons. The smallest absolute Gasteiger partial charge is 0.489 e. The van der Waals surface area contributed by atoms with Crippen molar-refractivity contribution in [1.29, 1.82) is 0 Å². The summed E-state index contributed by atoms with van der Waals surface area (Å²) in [6.07, 6.45) is 9.08. The molecule has 0 bridgehead atoms. The van der Waals surface area contributed by atoms with Gasteiger partial charge in [0.25, 0.3) is 10.1 Å². The molecule has 3 aromatic carbocycles. The molecule has 3 aliphatic rings. The zero-order valence-electron chi connectivity index (χ0n) is 25.6. The Morgan fingerprint density at radius 3 is 2.43 bits per heavy atom. The van der Waals surface area contributed by atoms with Gasteiger partial charge in [-0.15, -0.1) is 0 Å². The summed E-state index contributed by atoms with van der Waals surface area (Å²) in [4.78, 5) is 17.8. The van der Waals surface area contributed by atoms with E-state index in [4.69, 9.17) is 19.3 Å². The Hall–Kier alpha value is -3.99. The van der Waals surface area contributed by atoms with Crippen molar-refractivity contribution < 1.29 is 45.9 Å². The molecule has 0 unspecified atom stereocenters. The average Bonchev–Trinajstić information content (AvgIpc) is 3.22. The molecule has 46 heavy (non-hydrogen) atoms. The largest absolute Gasteiger partial charge is 0.524 e. The maximum atomic E-state index is 11.9. The topological polar surface area (TPSA) is 143 Å². The van der Waals surface area contributed by atoms with Crippen molar-refractivity contribution in [3.8, 4) is 17.2 Å². The highest BCUT2D eigenvalue weighted by Gasteiger charge is 2.44. The van der Waals surface area contributed by atoms with Crippen LogP contribution in [0.2, 0.25) is 0 Å². The summed E-state index contributed by atoms with van der Waals surface area (Å²) < 4.78 is 63.7. The van der Waals surface area contributed by atoms with Crippen LogP contribution >= 0.6 is 7.82 Å². The highest BCUT2D eigenvalue weighted by Crippen LogP contribution is 2.43. The molecule has 3 N–H and O–H groups in total. The number of phosphoric acid groups is 1. The Kier molecular flexibility index (Phi) is 8.33. The minimum absolute atomic E-state index is 0.0700. The van der Waals surface area contributed by atoms with Crippen molar-refractivity contribution in [1.82, 2.24) is 0 Å². The Morgan fingerprint density at radius 1 is 1.00 bits per heavy atom. The molecule has 0 atom stereocenters. The molecule has 0 saturated heterocycles. The van der Waals surface area contributed by atoms with Crippen LogP contribution in [0.15, 0.2) is 94.6 Å². The fraction of sp³-hybridized carbons (Fsp3) is 0.265. The Bertz CT molecular complexity index is 2000. The van der Waals surface area contributed by atoms with Crippen molar-refractivity contribution in [2.75, 3.05) is 6.54 Å². The van der Waals surface area contributed by atoms with E-state index in [1.54, 1.807) is 24.3 Å². The first-order valence-electron chi connectivity index (χ1n) is 14.9. The summed E-state index contributed by atoms with van der Waals surface area (Å²) in [5.74, 6) is 2.20. The summed E-state index contributed by atoms with van der Waals surface area (Å²) >= 11 is 0. The average molecular weight is 665 g/mol. The van der Waals surface area contributed by atoms with Crippen LogP contribution in [0.4, 0.5) is 5.69 Å². The molecule has 2 heterocycles. The molecule has 1 aliphatic carbocycles. The quantitative estimate of drug-likeness (QED) is 0.127. The van der Waals surface area contributed by atoms with Crippen molar-refractivity contribution in [2.45, 2.75) is 57.0 Å². The Labute approximate surface area is 268 Å². The third-order valence-electron chi connectivity index (χ3n) is 8.48. The van der Waals surface area contributed by atoms with Gasteiger partial charge in [-0.1, -0.05) is 12.1 Å². The first kappa shape index (κ1) is 32.0. The standard InChI is InChI=1S/C34H34NO9PS/c1-4-35-30-16-15-28(46(39,40)41)20-29(30)34(2,3)32(35)17-11-23-6-5-7-25-18-24-10-14-27(19-31(24)43-33(23)25)42-21-22-8-12-26(13-9-22)44-45(36,37)38/h8-20H,4-7,21H2,1-3H3,(H2-,36,37,38,39,40,41)/p+1. The van der Waals surface area contributed by atoms with Gasteiger partial charge in [-0.2, -0.15) is 13.0 Å². The number of rotatable bonds is 9. The maximum Gasteiger partial charge on any atom is 0.524 e. The number of nitrogens with zero attached hydrogens (tertiary/aromatic N) is 1. The molecule has 6 rings (SSSR count). The third kappa shape index (κ3) is 6.47. The highest BCUT2D eigenvalue weighted by atomic mass is 32.2. The molecule has 10 nitrogen and oxygen atoms in total. The predicted molar refractivity (Wildman–Crippen MR) is 173 cm³/mol. The summed E-state index contributed by atoms with van der Waals surface area (Å²) in [6, 6.07) is 16.8. The fourth-order valence-corrected chi connectivity index (χ4v) is 7.13. The minimum atomic E-state index is -4.62. The van der Waals surface area contributed by atoms with Crippen LogP contribution in [-0.2, 0) is 26.7 Å². The van der Waals surface area contributed by atoms with Crippen LogP contribution in [0.3, 0.4) is 0 Å². The second-order valence-corrected chi connectivity index (χ2v) is 14.5. The van der Waals surface area contributed by atoms with Gasteiger partial charge in [0.2, 0.25) is 5.69 Å². The summed E-state index contributed by atoms with van der Waals surface area (Å²) in [6.45, 7) is 7.09. The van der Waals surface area contributed by atoms with Gasteiger partial charge in [0.1, 0.15) is 36.2 Å². The molecule has 0 radical (unpaired) electrons. The van der Waals surface area contributed by atoms with Gasteiger partial charge in [0.15, 0.2) is 5.71 Å². The second kappa shape index (κ2) is 12.0. The lowest BCUT2D eigenvalue weighted by atomic mass is 9.81. The van der Waals surface area contributed by atoms with E-state index >= 15 is 0 Å². The highest BCUT2D eigenvalue weighted by molar-refractivity contribution is 7.85. The normalized spacial score (nSPS) is 17.3. The van der Waals surface area contributed by atoms with E-state index in [1.165, 1.54) is 18.2 Å². The molecule has 0 saturated carbocycles. The SMILES string of the molecule is CC[N+]1=C(C=CC2=C3Oc4cc(OCc5ccc(OP(=O)(O)O)cc5)ccc4C=C3CCC2)C(C)(C)c2cc(S(=O)(=O)O)ccc21. The molecule has 0 amide bonds. The molecule has 2 aliphatic heterocycles. The molecular weight excluding hydrogens is 629 g/mol. The van der Waals surface area contributed by atoms with Crippen LogP contribution in [-0.4, -0.2) is 39.6 Å². The lowest BCUT2D eigenvalue weighted by molar-refractivity contribution is -0.433. The molecule has 12 heteroatoms. The van der Waals surface area contributed by atoms with E-state index in [0.717, 1.165) is 64.3 Å². The van der Waals surface area contributed by atoms with E-state index in [0.29, 0.717) is 18.0 Å². The van der Waals surface area contributed by atoms with Crippen LogP contribution in [0.25, 0.3) is 6.08 Å². The first-order chi connectivity index (χ1) is 21.7. The predicted octanol–water partition coefficient (Wildman–Crippen LogP) is 6.85. The van der Waals surface area contributed by atoms with Crippen LogP contribution < -0.4 is 14.0 Å². The van der Waals surface area contributed by atoms with Gasteiger partial charge >= 0.3 is 7.82 Å². The van der Waals surface area contributed by atoms with E-state index < -0.39 is 23.4 Å². The summed E-state index contributed by atoms with van der Waals surface area (Å²) in [7, 11) is -8.94. The lowest BCUT2D eigenvalue weighted by Crippen LogP contribution is -2.27. The fourth-order valence-electron chi connectivity index (χ4n) is 6.23. The van der Waals surface area contributed by atoms with Crippen LogP contribution in [0, 0.1) is 0 Å². The number of phosphoric ester groups is 1. The van der Waals surface area contributed by atoms with Gasteiger partial charge in [0.05, 0.1) is 10.3 Å². The van der Waals surface area contributed by atoms with E-state index in [-0.39, 0.29) is 17.3 Å². The van der Waals surface area contributed by atoms with Crippen molar-refractivity contribution >= 4 is 35.4 Å². The molecular formula is C34H35NO9PS+. The maximum absolute atomic E-state index is 11.9. The number of benzene rings is 3. The second-order valence-electron chi connectivity index (χ2n) is 11.9. The number of ether oxygens (including phenoxy) is 2. The van der Waals surface area contributed by atoms with E-state index in [2.05, 4.69) is 48.1 Å². The summed E-state index contributed by atoms with van der Waals surface area (Å²) in [5.41, 5.74) is 6.24. The van der Waals surface area contributed by atoms with E-state index in [9.17, 15) is 17.5 Å². The molecule has 0 spiro atoms. The summed E-state index contributed by atoms with van der Waals surface area (Å²) in [5, 5.41) is 0. The lowest BCUT2D eigenvalue weighted by Gasteiger charge is -2.27. The van der Waals surface area contributed by atoms with Gasteiger partial charge < -0.3 is 14.0 Å². The number of fused-ring (bicyclic) bond motifs is 3. The monoisotopic (exact) mass is 664 g/mol. The number of hydrogen-bond acceptors (Lipinski definition) is 6. The molecule has 3 aromatic rings. The molecule has 0 aromatic heterocycles. The molecule has 0 fully saturated rings. The zero-order chi connectivity index (χ0) is 32.9.